The van der Waals surface area contributed by atoms with Gasteiger partial charge in [-0.15, -0.1) is 0 Å². The number of hydrogen-bond acceptors (Lipinski definition) is 3. The van der Waals surface area contributed by atoms with Gasteiger partial charge in [0.15, 0.2) is 0 Å². The number of aromatic nitrogens is 1. The Morgan fingerprint density at radius 1 is 1.07 bits per heavy atom. The number of carbonyl (C=O) groups is 1. The maximum absolute atomic E-state index is 13.0. The minimum atomic E-state index is -0.284. The molecule has 3 aromatic rings. The molecule has 0 aliphatic carbocycles. The summed E-state index contributed by atoms with van der Waals surface area (Å²) in [5.74, 6) is 0.655. The minimum absolute atomic E-state index is 0.0994. The van der Waals surface area contributed by atoms with Crippen LogP contribution in [0, 0.1) is 0 Å². The van der Waals surface area contributed by atoms with Crippen molar-refractivity contribution in [2.45, 2.75) is 13.8 Å². The van der Waals surface area contributed by atoms with Gasteiger partial charge in [0, 0.05) is 30.6 Å². The molecule has 0 aliphatic rings. The summed E-state index contributed by atoms with van der Waals surface area (Å²) in [6.07, 6.45) is 1.64. The highest BCUT2D eigenvalue weighted by atomic mass is 16.5. The molecule has 0 saturated carbocycles. The standard InChI is InChI=1S/C21H23N3O3/c1-4-24(18-12-8-9-13-19(18)27-5-2)21(26)22-17-14-23(3)20(25)16-11-7-6-10-15(16)17/h6-14H,4-5H2,1-3H3,(H,22,26). The highest BCUT2D eigenvalue weighted by Crippen LogP contribution is 2.29. The average Bonchev–Trinajstić information content (AvgIpc) is 2.68. The maximum Gasteiger partial charge on any atom is 0.326 e. The molecule has 0 aliphatic heterocycles. The molecule has 6 heteroatoms. The van der Waals surface area contributed by atoms with E-state index in [1.807, 2.05) is 56.3 Å². The molecule has 0 fully saturated rings. The zero-order valence-corrected chi connectivity index (χ0v) is 15.7. The number of anilines is 2. The van der Waals surface area contributed by atoms with Crippen LogP contribution < -0.4 is 20.5 Å². The summed E-state index contributed by atoms with van der Waals surface area (Å²) in [6, 6.07) is 14.4. The summed E-state index contributed by atoms with van der Waals surface area (Å²) in [6.45, 7) is 4.80. The fraction of sp³-hybridized carbons (Fsp3) is 0.238. The number of nitrogens with one attached hydrogen (secondary N) is 1. The van der Waals surface area contributed by atoms with Crippen molar-refractivity contribution in [1.29, 1.82) is 0 Å². The van der Waals surface area contributed by atoms with E-state index in [4.69, 9.17) is 4.74 Å². The van der Waals surface area contributed by atoms with Gasteiger partial charge in [-0.25, -0.2) is 4.79 Å². The Hall–Kier alpha value is -3.28. The lowest BCUT2D eigenvalue weighted by molar-refractivity contribution is 0.256. The van der Waals surface area contributed by atoms with E-state index in [1.54, 1.807) is 24.2 Å². The molecule has 0 bridgehead atoms. The van der Waals surface area contributed by atoms with Crippen LogP contribution in [0.1, 0.15) is 13.8 Å². The van der Waals surface area contributed by atoms with Gasteiger partial charge in [0.2, 0.25) is 0 Å². The molecule has 6 nitrogen and oxygen atoms in total. The fourth-order valence-corrected chi connectivity index (χ4v) is 3.08. The van der Waals surface area contributed by atoms with Gasteiger partial charge in [-0.05, 0) is 32.0 Å². The number of urea groups is 1. The third-order valence-electron chi connectivity index (χ3n) is 4.35. The molecule has 2 aromatic carbocycles. The predicted octanol–water partition coefficient (Wildman–Crippen LogP) is 4.00. The van der Waals surface area contributed by atoms with Gasteiger partial charge >= 0.3 is 6.03 Å². The number of ether oxygens (including phenoxy) is 1. The highest BCUT2D eigenvalue weighted by molar-refractivity contribution is 6.07. The molecule has 1 N–H and O–H groups in total. The Kier molecular flexibility index (Phi) is 5.45. The zero-order chi connectivity index (χ0) is 19.4. The van der Waals surface area contributed by atoms with Crippen molar-refractivity contribution in [1.82, 2.24) is 4.57 Å². The largest absolute Gasteiger partial charge is 0.492 e. The van der Waals surface area contributed by atoms with E-state index in [-0.39, 0.29) is 11.6 Å². The lowest BCUT2D eigenvalue weighted by Crippen LogP contribution is -2.35. The molecular weight excluding hydrogens is 342 g/mol. The maximum atomic E-state index is 13.0. The van der Waals surface area contributed by atoms with Crippen molar-refractivity contribution in [2.75, 3.05) is 23.4 Å². The van der Waals surface area contributed by atoms with E-state index in [0.717, 1.165) is 0 Å². The van der Waals surface area contributed by atoms with Gasteiger partial charge in [-0.3, -0.25) is 9.69 Å². The molecule has 140 valence electrons. The summed E-state index contributed by atoms with van der Waals surface area (Å²) in [5, 5.41) is 4.22. The van der Waals surface area contributed by atoms with Crippen molar-refractivity contribution >= 4 is 28.2 Å². The third kappa shape index (κ3) is 3.65. The number of pyridine rings is 1. The normalized spacial score (nSPS) is 10.6. The second-order valence-electron chi connectivity index (χ2n) is 6.08. The van der Waals surface area contributed by atoms with Gasteiger partial charge in [0.25, 0.3) is 5.56 Å². The van der Waals surface area contributed by atoms with E-state index in [0.29, 0.717) is 41.0 Å². The van der Waals surface area contributed by atoms with Crippen LogP contribution in [0.4, 0.5) is 16.2 Å². The van der Waals surface area contributed by atoms with Crippen molar-refractivity contribution in [3.63, 3.8) is 0 Å². The summed E-state index contributed by atoms with van der Waals surface area (Å²) in [7, 11) is 1.67. The number of carbonyl (C=O) groups excluding carboxylic acids is 1. The number of hydrogen-bond donors (Lipinski definition) is 1. The Morgan fingerprint density at radius 2 is 1.74 bits per heavy atom. The molecular formula is C21H23N3O3. The molecule has 0 spiro atoms. The van der Waals surface area contributed by atoms with Gasteiger partial charge in [-0.2, -0.15) is 0 Å². The molecule has 0 radical (unpaired) electrons. The molecule has 3 rings (SSSR count). The van der Waals surface area contributed by atoms with Crippen molar-refractivity contribution in [2.24, 2.45) is 7.05 Å². The van der Waals surface area contributed by atoms with Crippen LogP contribution in [-0.4, -0.2) is 23.7 Å². The van der Waals surface area contributed by atoms with E-state index >= 15 is 0 Å². The van der Waals surface area contributed by atoms with E-state index in [2.05, 4.69) is 5.32 Å². The van der Waals surface area contributed by atoms with Crippen LogP contribution in [0.5, 0.6) is 5.75 Å². The van der Waals surface area contributed by atoms with E-state index < -0.39 is 0 Å². The Balaban J connectivity index is 1.99. The number of nitrogens with zero attached hydrogens (tertiary/aromatic N) is 2. The van der Waals surface area contributed by atoms with Crippen LogP contribution >= 0.6 is 0 Å². The number of benzene rings is 2. The lowest BCUT2D eigenvalue weighted by atomic mass is 10.1. The quantitative estimate of drug-likeness (QED) is 0.743. The SMILES string of the molecule is CCOc1ccccc1N(CC)C(=O)Nc1cn(C)c(=O)c2ccccc12. The van der Waals surface area contributed by atoms with Crippen LogP contribution in [0.15, 0.2) is 59.5 Å². The topological polar surface area (TPSA) is 63.6 Å². The van der Waals surface area contributed by atoms with Gasteiger partial charge in [0.05, 0.1) is 18.0 Å². The Bertz CT molecular complexity index is 1030. The average molecular weight is 365 g/mol. The summed E-state index contributed by atoms with van der Waals surface area (Å²) >= 11 is 0. The van der Waals surface area contributed by atoms with Crippen LogP contribution in [0.2, 0.25) is 0 Å². The first-order valence-corrected chi connectivity index (χ1v) is 8.95. The second kappa shape index (κ2) is 7.95. The van der Waals surface area contributed by atoms with Gasteiger partial charge in [-0.1, -0.05) is 30.3 Å². The van der Waals surface area contributed by atoms with Crippen LogP contribution in [0.3, 0.4) is 0 Å². The Labute approximate surface area is 158 Å². The number of amides is 2. The molecule has 0 unspecified atom stereocenters. The third-order valence-corrected chi connectivity index (χ3v) is 4.35. The Morgan fingerprint density at radius 3 is 2.44 bits per heavy atom. The number of fused-ring (bicyclic) bond motifs is 1. The first-order valence-electron chi connectivity index (χ1n) is 8.95. The fourth-order valence-electron chi connectivity index (χ4n) is 3.08. The first kappa shape index (κ1) is 18.5. The summed E-state index contributed by atoms with van der Waals surface area (Å²) in [5.41, 5.74) is 1.19. The molecule has 27 heavy (non-hydrogen) atoms. The van der Waals surface area contributed by atoms with E-state index in [1.165, 1.54) is 4.57 Å². The molecule has 0 saturated heterocycles. The van der Waals surface area contributed by atoms with Gasteiger partial charge < -0.3 is 14.6 Å². The van der Waals surface area contributed by atoms with Crippen LogP contribution in [-0.2, 0) is 7.05 Å². The molecule has 2 amide bonds. The monoisotopic (exact) mass is 365 g/mol. The first-order chi connectivity index (χ1) is 13.1. The number of para-hydroxylation sites is 2. The smallest absolute Gasteiger partial charge is 0.326 e. The molecule has 1 heterocycles. The molecule has 1 aromatic heterocycles. The summed E-state index contributed by atoms with van der Waals surface area (Å²) < 4.78 is 7.13. The number of rotatable bonds is 5. The number of aryl methyl sites for hydroxylation is 1. The zero-order valence-electron chi connectivity index (χ0n) is 15.7. The highest BCUT2D eigenvalue weighted by Gasteiger charge is 2.19. The minimum Gasteiger partial charge on any atom is -0.492 e. The van der Waals surface area contributed by atoms with Crippen LogP contribution in [0.25, 0.3) is 10.8 Å². The molecule has 0 atom stereocenters. The predicted molar refractivity (Wildman–Crippen MR) is 109 cm³/mol. The van der Waals surface area contributed by atoms with E-state index in [9.17, 15) is 9.59 Å². The van der Waals surface area contributed by atoms with Gasteiger partial charge in [0.1, 0.15) is 5.75 Å². The van der Waals surface area contributed by atoms with Crippen molar-refractivity contribution in [3.8, 4) is 5.75 Å². The van der Waals surface area contributed by atoms with Crippen molar-refractivity contribution < 1.29 is 9.53 Å². The summed E-state index contributed by atoms with van der Waals surface area (Å²) in [4.78, 5) is 26.9. The second-order valence-corrected chi connectivity index (χ2v) is 6.08. The van der Waals surface area contributed by atoms with Crippen molar-refractivity contribution in [3.05, 3.63) is 65.1 Å². The lowest BCUT2D eigenvalue weighted by Gasteiger charge is -2.24.